The van der Waals surface area contributed by atoms with Crippen LogP contribution in [0.2, 0.25) is 0 Å². The highest BCUT2D eigenvalue weighted by Crippen LogP contribution is 2.35. The number of hydrogen-bond donors (Lipinski definition) is 1. The van der Waals surface area contributed by atoms with Crippen LogP contribution < -0.4 is 15.2 Å². The number of para-hydroxylation sites is 1. The van der Waals surface area contributed by atoms with Crippen molar-refractivity contribution in [1.29, 1.82) is 5.26 Å². The molecule has 0 saturated heterocycles. The summed E-state index contributed by atoms with van der Waals surface area (Å²) in [6.45, 7) is 7.98. The zero-order valence-electron chi connectivity index (χ0n) is 18.5. The van der Waals surface area contributed by atoms with Crippen molar-refractivity contribution in [3.8, 4) is 23.3 Å². The molecule has 0 aliphatic carbocycles. The molecule has 166 valence electrons. The number of ether oxygens (including phenoxy) is 2. The summed E-state index contributed by atoms with van der Waals surface area (Å²) in [5, 5.41) is 14.3. The molecule has 0 bridgehead atoms. The second kappa shape index (κ2) is 10.1. The molecule has 4 aromatic rings. The third-order valence-electron chi connectivity index (χ3n) is 5.12. The fourth-order valence-corrected chi connectivity index (χ4v) is 3.43. The van der Waals surface area contributed by atoms with Crippen molar-refractivity contribution in [2.45, 2.75) is 6.61 Å². The minimum Gasteiger partial charge on any atom is -0.493 e. The molecule has 1 heterocycles. The summed E-state index contributed by atoms with van der Waals surface area (Å²) in [5.41, 5.74) is 9.21. The van der Waals surface area contributed by atoms with Crippen molar-refractivity contribution in [3.05, 3.63) is 107 Å². The van der Waals surface area contributed by atoms with Gasteiger partial charge in [-0.05, 0) is 41.5 Å². The maximum atomic E-state index is 9.86. The second-order valence-electron chi connectivity index (χ2n) is 7.30. The lowest BCUT2D eigenvalue weighted by Crippen LogP contribution is -2.01. The molecule has 0 spiro atoms. The average Bonchev–Trinajstić information content (AvgIpc) is 3.23. The van der Waals surface area contributed by atoms with Crippen LogP contribution in [0.1, 0.15) is 16.8 Å². The molecule has 2 N–H and O–H groups in total. The number of nitrogen functional groups attached to an aromatic ring is 1. The minimum atomic E-state index is 0.131. The van der Waals surface area contributed by atoms with Crippen LogP contribution in [0.3, 0.4) is 0 Å². The summed E-state index contributed by atoms with van der Waals surface area (Å²) in [5.74, 6) is 1.29. The molecule has 0 aliphatic heterocycles. The molecule has 0 unspecified atom stereocenters. The van der Waals surface area contributed by atoms with E-state index in [0.717, 1.165) is 5.56 Å². The molecule has 0 radical (unpaired) electrons. The maximum absolute atomic E-state index is 9.86. The van der Waals surface area contributed by atoms with Crippen molar-refractivity contribution in [3.63, 3.8) is 0 Å². The van der Waals surface area contributed by atoms with Gasteiger partial charge in [-0.2, -0.15) is 10.4 Å². The van der Waals surface area contributed by atoms with Crippen molar-refractivity contribution < 1.29 is 9.47 Å². The van der Waals surface area contributed by atoms with Gasteiger partial charge >= 0.3 is 0 Å². The highest BCUT2D eigenvalue weighted by molar-refractivity contribution is 5.95. The summed E-state index contributed by atoms with van der Waals surface area (Å²) in [6, 6.07) is 26.6. The van der Waals surface area contributed by atoms with Crippen LogP contribution in [-0.4, -0.2) is 16.9 Å². The van der Waals surface area contributed by atoms with Crippen LogP contribution in [0.15, 0.2) is 78.9 Å². The van der Waals surface area contributed by atoms with E-state index in [1.807, 2.05) is 66.7 Å². The summed E-state index contributed by atoms with van der Waals surface area (Å²) in [6.07, 6.45) is 1.65. The number of hydrogen-bond acceptors (Lipinski definition) is 5. The monoisotopic (exact) mass is 447 g/mol. The second-order valence-corrected chi connectivity index (χ2v) is 7.30. The maximum Gasteiger partial charge on any atom is 0.256 e. The van der Waals surface area contributed by atoms with Gasteiger partial charge in [0.1, 0.15) is 24.2 Å². The van der Waals surface area contributed by atoms with Crippen LogP contribution in [0.5, 0.6) is 11.5 Å². The first-order chi connectivity index (χ1) is 16.6. The molecule has 0 atom stereocenters. The van der Waals surface area contributed by atoms with E-state index in [9.17, 15) is 5.26 Å². The zero-order valence-corrected chi connectivity index (χ0v) is 18.5. The fourth-order valence-electron chi connectivity index (χ4n) is 3.43. The largest absolute Gasteiger partial charge is 0.493 e. The highest BCUT2D eigenvalue weighted by atomic mass is 16.5. The Hall–Kier alpha value is -5.01. The number of benzene rings is 3. The molecule has 3 aromatic carbocycles. The molecule has 0 amide bonds. The first kappa shape index (κ1) is 22.2. The van der Waals surface area contributed by atoms with E-state index >= 15 is 0 Å². The molecule has 7 heteroatoms. The van der Waals surface area contributed by atoms with Gasteiger partial charge < -0.3 is 15.2 Å². The van der Waals surface area contributed by atoms with Crippen molar-refractivity contribution in [1.82, 2.24) is 9.78 Å². The topological polar surface area (TPSA) is 90.5 Å². The Morgan fingerprint density at radius 1 is 1.09 bits per heavy atom. The summed E-state index contributed by atoms with van der Waals surface area (Å²) < 4.78 is 12.9. The van der Waals surface area contributed by atoms with E-state index in [1.54, 1.807) is 25.3 Å². The number of aromatic nitrogens is 2. The predicted octanol–water partition coefficient (Wildman–Crippen LogP) is 5.66. The van der Waals surface area contributed by atoms with Crippen LogP contribution in [0, 0.1) is 17.9 Å². The lowest BCUT2D eigenvalue weighted by molar-refractivity contribution is 0.284. The van der Waals surface area contributed by atoms with Crippen LogP contribution in [0.25, 0.3) is 22.2 Å². The molecule has 34 heavy (non-hydrogen) atoms. The van der Waals surface area contributed by atoms with Gasteiger partial charge in [-0.25, -0.2) is 9.53 Å². The van der Waals surface area contributed by atoms with Crippen molar-refractivity contribution >= 4 is 23.2 Å². The third kappa shape index (κ3) is 4.59. The molecule has 0 saturated carbocycles. The first-order valence-electron chi connectivity index (χ1n) is 10.4. The van der Waals surface area contributed by atoms with Gasteiger partial charge in [0.25, 0.3) is 5.69 Å². The SMILES string of the molecule is [C-]#[N+]c1c(/C(C#N)=C/c2ccc(OCc3ccccc3)c(OC)c2)nn(-c2ccccc2)c1N. The lowest BCUT2D eigenvalue weighted by atomic mass is 10.1. The molecule has 4 rings (SSSR count). The summed E-state index contributed by atoms with van der Waals surface area (Å²) in [7, 11) is 1.56. The molecule has 0 aliphatic rings. The van der Waals surface area contributed by atoms with Crippen molar-refractivity contribution in [2.24, 2.45) is 0 Å². The average molecular weight is 447 g/mol. The molecular formula is C27H21N5O2. The van der Waals surface area contributed by atoms with E-state index in [2.05, 4.69) is 16.0 Å². The Kier molecular flexibility index (Phi) is 6.58. The Balaban J connectivity index is 1.67. The van der Waals surface area contributed by atoms with Gasteiger partial charge in [-0.15, -0.1) is 0 Å². The lowest BCUT2D eigenvalue weighted by Gasteiger charge is -2.11. The molecular weight excluding hydrogens is 426 g/mol. The smallest absolute Gasteiger partial charge is 0.256 e. The van der Waals surface area contributed by atoms with Gasteiger partial charge in [0.15, 0.2) is 11.5 Å². The van der Waals surface area contributed by atoms with Crippen LogP contribution >= 0.6 is 0 Å². The quantitative estimate of drug-likeness (QED) is 0.292. The number of allylic oxidation sites excluding steroid dienone is 1. The number of nitrogens with zero attached hydrogens (tertiary/aromatic N) is 4. The van der Waals surface area contributed by atoms with Crippen LogP contribution in [0.4, 0.5) is 11.5 Å². The van der Waals surface area contributed by atoms with E-state index in [0.29, 0.717) is 29.4 Å². The summed E-state index contributed by atoms with van der Waals surface area (Å²) in [4.78, 5) is 3.53. The van der Waals surface area contributed by atoms with E-state index in [1.165, 1.54) is 4.68 Å². The Morgan fingerprint density at radius 2 is 1.79 bits per heavy atom. The van der Waals surface area contributed by atoms with Gasteiger partial charge in [-0.3, -0.25) is 0 Å². The Labute approximate surface area is 197 Å². The molecule has 7 nitrogen and oxygen atoms in total. The third-order valence-corrected chi connectivity index (χ3v) is 5.12. The van der Waals surface area contributed by atoms with Gasteiger partial charge in [0.05, 0.1) is 24.9 Å². The number of nitriles is 1. The Morgan fingerprint density at radius 3 is 2.44 bits per heavy atom. The van der Waals surface area contributed by atoms with Gasteiger partial charge in [0.2, 0.25) is 0 Å². The normalized spacial score (nSPS) is 10.9. The number of rotatable bonds is 7. The minimum absolute atomic E-state index is 0.131. The summed E-state index contributed by atoms with van der Waals surface area (Å²) >= 11 is 0. The predicted molar refractivity (Wildman–Crippen MR) is 131 cm³/mol. The van der Waals surface area contributed by atoms with E-state index < -0.39 is 0 Å². The Bertz CT molecular complexity index is 1410. The van der Waals surface area contributed by atoms with E-state index in [-0.39, 0.29) is 22.8 Å². The van der Waals surface area contributed by atoms with Crippen molar-refractivity contribution in [2.75, 3.05) is 12.8 Å². The molecule has 0 fully saturated rings. The van der Waals surface area contributed by atoms with Gasteiger partial charge in [0, 0.05) is 0 Å². The van der Waals surface area contributed by atoms with Gasteiger partial charge in [-0.1, -0.05) is 54.6 Å². The van der Waals surface area contributed by atoms with E-state index in [4.69, 9.17) is 21.8 Å². The fraction of sp³-hybridized carbons (Fsp3) is 0.0741. The van der Waals surface area contributed by atoms with Crippen LogP contribution in [-0.2, 0) is 6.61 Å². The highest BCUT2D eigenvalue weighted by Gasteiger charge is 2.20. The number of nitrogens with two attached hydrogens (primary N) is 1. The standard InChI is InChI=1S/C27H21N5O2/c1-30-26-25(31-32(27(26)29)22-11-7-4-8-12-22)21(17-28)15-20-13-14-23(24(16-20)33-2)34-18-19-9-5-3-6-10-19/h3-16H,18,29H2,2H3/b21-15+. The molecule has 1 aromatic heterocycles. The number of methoxy groups -OCH3 is 1. The first-order valence-corrected chi connectivity index (χ1v) is 10.4. The number of anilines is 1. The zero-order chi connectivity index (χ0) is 23.9.